The van der Waals surface area contributed by atoms with Gasteiger partial charge in [0.2, 0.25) is 0 Å². The number of aliphatic hydroxyl groups excluding tert-OH is 1. The third-order valence-electron chi connectivity index (χ3n) is 2.91. The molecule has 1 N–H and O–H groups in total. The van der Waals surface area contributed by atoms with Gasteiger partial charge in [0.15, 0.2) is 0 Å². The number of hydrogen-bond acceptors (Lipinski definition) is 4. The number of aryl methyl sites for hydroxylation is 2. The molecule has 0 aliphatic rings. The van der Waals surface area contributed by atoms with Gasteiger partial charge in [-0.15, -0.1) is 0 Å². The van der Waals surface area contributed by atoms with Crippen LogP contribution in [0, 0.1) is 13.8 Å². The van der Waals surface area contributed by atoms with Gasteiger partial charge in [-0.25, -0.2) is 0 Å². The van der Waals surface area contributed by atoms with Crippen LogP contribution in [0.1, 0.15) is 22.6 Å². The fraction of sp³-hybridized carbons (Fsp3) is 0.357. The van der Waals surface area contributed by atoms with Gasteiger partial charge in [0.25, 0.3) is 0 Å². The summed E-state index contributed by atoms with van der Waals surface area (Å²) in [7, 11) is 0. The van der Waals surface area contributed by atoms with E-state index in [1.807, 2.05) is 38.1 Å². The maximum atomic E-state index is 9.00. The topological polar surface area (TPSA) is 55.5 Å². The largest absolute Gasteiger partial charge is 0.488 e. The number of aliphatic hydroxyl groups is 1. The van der Waals surface area contributed by atoms with Crippen molar-refractivity contribution in [1.82, 2.24) is 5.16 Å². The number of aromatic nitrogens is 1. The summed E-state index contributed by atoms with van der Waals surface area (Å²) in [6.45, 7) is 4.32. The Morgan fingerprint density at radius 1 is 1.28 bits per heavy atom. The van der Waals surface area contributed by atoms with Gasteiger partial charge in [-0.1, -0.05) is 23.4 Å². The van der Waals surface area contributed by atoms with Crippen LogP contribution in [0.5, 0.6) is 5.75 Å². The normalized spacial score (nSPS) is 10.6. The molecule has 0 unspecified atom stereocenters. The highest BCUT2D eigenvalue weighted by Crippen LogP contribution is 2.21. The second-order valence-corrected chi connectivity index (χ2v) is 4.17. The van der Waals surface area contributed by atoms with Crippen LogP contribution < -0.4 is 4.74 Å². The Bertz CT molecular complexity index is 500. The number of hydrogen-bond donors (Lipinski definition) is 1. The van der Waals surface area contributed by atoms with Gasteiger partial charge in [-0.2, -0.15) is 0 Å². The average molecular weight is 247 g/mol. The molecule has 4 heteroatoms. The first-order chi connectivity index (χ1) is 8.72. The molecule has 4 nitrogen and oxygen atoms in total. The lowest BCUT2D eigenvalue weighted by Gasteiger charge is -2.10. The zero-order chi connectivity index (χ0) is 13.0. The van der Waals surface area contributed by atoms with Gasteiger partial charge in [-0.05, 0) is 31.9 Å². The molecular formula is C14H17NO3. The average Bonchev–Trinajstić information content (AvgIpc) is 2.69. The molecule has 1 aromatic carbocycles. The summed E-state index contributed by atoms with van der Waals surface area (Å²) in [5, 5.41) is 12.9. The van der Waals surface area contributed by atoms with Gasteiger partial charge < -0.3 is 14.4 Å². The second kappa shape index (κ2) is 5.69. The molecule has 0 saturated carbocycles. The van der Waals surface area contributed by atoms with E-state index in [2.05, 4.69) is 5.16 Å². The van der Waals surface area contributed by atoms with Crippen LogP contribution in [0.3, 0.4) is 0 Å². The van der Waals surface area contributed by atoms with Crippen molar-refractivity contribution in [2.75, 3.05) is 6.61 Å². The Morgan fingerprint density at radius 3 is 2.72 bits per heavy atom. The highest BCUT2D eigenvalue weighted by Gasteiger charge is 2.10. The predicted molar refractivity (Wildman–Crippen MR) is 67.5 cm³/mol. The maximum absolute atomic E-state index is 9.00. The molecule has 0 bridgehead atoms. The molecule has 96 valence electrons. The lowest BCUT2D eigenvalue weighted by atomic mass is 10.1. The molecule has 0 fully saturated rings. The smallest absolute Gasteiger partial charge is 0.140 e. The van der Waals surface area contributed by atoms with E-state index in [-0.39, 0.29) is 6.61 Å². The molecule has 18 heavy (non-hydrogen) atoms. The SMILES string of the molecule is Cc1noc(C)c1COc1ccccc1CCO. The van der Waals surface area contributed by atoms with Crippen molar-refractivity contribution >= 4 is 0 Å². The van der Waals surface area contributed by atoms with Crippen molar-refractivity contribution in [1.29, 1.82) is 0 Å². The fourth-order valence-corrected chi connectivity index (χ4v) is 1.83. The maximum Gasteiger partial charge on any atom is 0.140 e. The van der Waals surface area contributed by atoms with E-state index in [0.717, 1.165) is 28.3 Å². The summed E-state index contributed by atoms with van der Waals surface area (Å²) in [5.41, 5.74) is 2.84. The summed E-state index contributed by atoms with van der Waals surface area (Å²) >= 11 is 0. The van der Waals surface area contributed by atoms with E-state index < -0.39 is 0 Å². The molecule has 1 heterocycles. The van der Waals surface area contributed by atoms with Gasteiger partial charge in [0.1, 0.15) is 18.1 Å². The quantitative estimate of drug-likeness (QED) is 0.881. The monoisotopic (exact) mass is 247 g/mol. The van der Waals surface area contributed by atoms with E-state index in [1.54, 1.807) is 0 Å². The van der Waals surface area contributed by atoms with Crippen molar-refractivity contribution in [2.24, 2.45) is 0 Å². The third-order valence-corrected chi connectivity index (χ3v) is 2.91. The highest BCUT2D eigenvalue weighted by molar-refractivity contribution is 5.34. The highest BCUT2D eigenvalue weighted by atomic mass is 16.5. The Labute approximate surface area is 106 Å². The summed E-state index contributed by atoms with van der Waals surface area (Å²) in [6.07, 6.45) is 0.595. The predicted octanol–water partition coefficient (Wildman–Crippen LogP) is 2.41. The van der Waals surface area contributed by atoms with Crippen LogP contribution in [0.2, 0.25) is 0 Å². The zero-order valence-electron chi connectivity index (χ0n) is 10.6. The molecule has 0 aliphatic carbocycles. The third kappa shape index (κ3) is 2.71. The van der Waals surface area contributed by atoms with E-state index >= 15 is 0 Å². The van der Waals surface area contributed by atoms with Gasteiger partial charge in [0, 0.05) is 6.61 Å². The lowest BCUT2D eigenvalue weighted by molar-refractivity contribution is 0.282. The molecule has 2 rings (SSSR count). The Kier molecular flexibility index (Phi) is 3.99. The number of ether oxygens (including phenoxy) is 1. The minimum atomic E-state index is 0.117. The molecule has 0 radical (unpaired) electrons. The summed E-state index contributed by atoms with van der Waals surface area (Å²) in [4.78, 5) is 0. The van der Waals surface area contributed by atoms with E-state index in [0.29, 0.717) is 13.0 Å². The Morgan fingerprint density at radius 2 is 2.06 bits per heavy atom. The molecule has 0 atom stereocenters. The van der Waals surface area contributed by atoms with E-state index in [4.69, 9.17) is 14.4 Å². The number of para-hydroxylation sites is 1. The van der Waals surface area contributed by atoms with Gasteiger partial charge in [0.05, 0.1) is 11.3 Å². The Balaban J connectivity index is 2.11. The minimum Gasteiger partial charge on any atom is -0.488 e. The van der Waals surface area contributed by atoms with E-state index in [1.165, 1.54) is 0 Å². The minimum absolute atomic E-state index is 0.117. The van der Waals surface area contributed by atoms with Gasteiger partial charge in [-0.3, -0.25) is 0 Å². The molecule has 0 saturated heterocycles. The van der Waals surface area contributed by atoms with Crippen molar-refractivity contribution < 1.29 is 14.4 Å². The number of nitrogens with zero attached hydrogens (tertiary/aromatic N) is 1. The molecular weight excluding hydrogens is 230 g/mol. The second-order valence-electron chi connectivity index (χ2n) is 4.17. The number of benzene rings is 1. The van der Waals surface area contributed by atoms with E-state index in [9.17, 15) is 0 Å². The first-order valence-electron chi connectivity index (χ1n) is 5.95. The number of rotatable bonds is 5. The zero-order valence-corrected chi connectivity index (χ0v) is 10.6. The fourth-order valence-electron chi connectivity index (χ4n) is 1.83. The van der Waals surface area contributed by atoms with Crippen molar-refractivity contribution in [3.63, 3.8) is 0 Å². The first kappa shape index (κ1) is 12.6. The summed E-state index contributed by atoms with van der Waals surface area (Å²) in [5.74, 6) is 1.58. The Hall–Kier alpha value is -1.81. The van der Waals surface area contributed by atoms with Crippen LogP contribution in [0.15, 0.2) is 28.8 Å². The van der Waals surface area contributed by atoms with Crippen LogP contribution in [0.4, 0.5) is 0 Å². The van der Waals surface area contributed by atoms with Crippen LogP contribution in [0.25, 0.3) is 0 Å². The summed E-state index contributed by atoms with van der Waals surface area (Å²) < 4.78 is 10.9. The van der Waals surface area contributed by atoms with Crippen molar-refractivity contribution in [2.45, 2.75) is 26.9 Å². The van der Waals surface area contributed by atoms with Crippen molar-refractivity contribution in [3.05, 3.63) is 46.8 Å². The standard InChI is InChI=1S/C14H17NO3/c1-10-13(11(2)18-15-10)9-17-14-6-4-3-5-12(14)7-8-16/h3-6,16H,7-9H2,1-2H3. The van der Waals surface area contributed by atoms with Crippen LogP contribution in [-0.2, 0) is 13.0 Å². The molecule has 0 aliphatic heterocycles. The molecule has 0 spiro atoms. The first-order valence-corrected chi connectivity index (χ1v) is 5.95. The van der Waals surface area contributed by atoms with Gasteiger partial charge >= 0.3 is 0 Å². The lowest BCUT2D eigenvalue weighted by Crippen LogP contribution is -2.01. The van der Waals surface area contributed by atoms with Crippen molar-refractivity contribution in [3.8, 4) is 5.75 Å². The summed E-state index contributed by atoms with van der Waals surface area (Å²) in [6, 6.07) is 7.72. The van der Waals surface area contributed by atoms with Crippen LogP contribution >= 0.6 is 0 Å². The molecule has 1 aromatic heterocycles. The molecule has 2 aromatic rings. The van der Waals surface area contributed by atoms with Crippen LogP contribution in [-0.4, -0.2) is 16.9 Å². The molecule has 0 amide bonds.